The molecule has 0 spiro atoms. The lowest BCUT2D eigenvalue weighted by molar-refractivity contribution is -0.149. The number of para-hydroxylation sites is 1. The SMILES string of the molecule is CCOC(=O)C1(c2ccccc2)CC[C@@H](C(=O)N(C)CCNC(=O)c2ccccc2OC)c2ccccc21. The summed E-state index contributed by atoms with van der Waals surface area (Å²) in [6, 6.07) is 24.4. The van der Waals surface area contributed by atoms with Gasteiger partial charge in [-0.25, -0.2) is 0 Å². The normalized spacial score (nSPS) is 18.1. The molecule has 0 bridgehead atoms. The molecular formula is C31H34N2O5. The smallest absolute Gasteiger partial charge is 0.321 e. The van der Waals surface area contributed by atoms with Crippen molar-refractivity contribution < 1.29 is 23.9 Å². The fourth-order valence-electron chi connectivity index (χ4n) is 5.34. The molecule has 3 aromatic carbocycles. The highest BCUT2D eigenvalue weighted by Gasteiger charge is 2.49. The number of nitrogens with zero attached hydrogens (tertiary/aromatic N) is 1. The first-order chi connectivity index (χ1) is 18.4. The fourth-order valence-corrected chi connectivity index (χ4v) is 5.34. The van der Waals surface area contributed by atoms with E-state index in [9.17, 15) is 14.4 Å². The van der Waals surface area contributed by atoms with Crippen LogP contribution in [0, 0.1) is 0 Å². The fraction of sp³-hybridized carbons (Fsp3) is 0.323. The predicted octanol–water partition coefficient (Wildman–Crippen LogP) is 4.31. The molecule has 1 aliphatic rings. The molecule has 7 heteroatoms. The van der Waals surface area contributed by atoms with E-state index in [-0.39, 0.29) is 24.4 Å². The van der Waals surface area contributed by atoms with Crippen molar-refractivity contribution in [1.82, 2.24) is 10.2 Å². The maximum atomic E-state index is 13.6. The van der Waals surface area contributed by atoms with Gasteiger partial charge in [0.05, 0.1) is 25.2 Å². The van der Waals surface area contributed by atoms with Crippen LogP contribution >= 0.6 is 0 Å². The lowest BCUT2D eigenvalue weighted by Gasteiger charge is -2.40. The lowest BCUT2D eigenvalue weighted by Crippen LogP contribution is -2.45. The van der Waals surface area contributed by atoms with E-state index in [1.165, 1.54) is 7.11 Å². The number of hydrogen-bond donors (Lipinski definition) is 1. The van der Waals surface area contributed by atoms with Crippen LogP contribution < -0.4 is 10.1 Å². The Hall–Kier alpha value is -4.13. The first-order valence-electron chi connectivity index (χ1n) is 12.9. The monoisotopic (exact) mass is 514 g/mol. The second-order valence-corrected chi connectivity index (χ2v) is 9.39. The highest BCUT2D eigenvalue weighted by Crippen LogP contribution is 2.48. The second-order valence-electron chi connectivity index (χ2n) is 9.39. The molecule has 0 saturated carbocycles. The molecule has 0 aliphatic heterocycles. The zero-order valence-electron chi connectivity index (χ0n) is 22.1. The van der Waals surface area contributed by atoms with Crippen molar-refractivity contribution in [3.05, 3.63) is 101 Å². The Bertz CT molecular complexity index is 1290. The molecule has 1 aliphatic carbocycles. The molecule has 38 heavy (non-hydrogen) atoms. The minimum Gasteiger partial charge on any atom is -0.496 e. The molecule has 3 aromatic rings. The molecule has 1 unspecified atom stereocenters. The Morgan fingerprint density at radius 1 is 0.974 bits per heavy atom. The number of ether oxygens (including phenoxy) is 2. The third-order valence-electron chi connectivity index (χ3n) is 7.25. The van der Waals surface area contributed by atoms with Gasteiger partial charge in [-0.15, -0.1) is 0 Å². The van der Waals surface area contributed by atoms with Crippen LogP contribution in [0.2, 0.25) is 0 Å². The van der Waals surface area contributed by atoms with Gasteiger partial charge in [0.25, 0.3) is 5.91 Å². The van der Waals surface area contributed by atoms with E-state index in [1.54, 1.807) is 43.1 Å². The van der Waals surface area contributed by atoms with Crippen LogP contribution in [0.5, 0.6) is 5.75 Å². The van der Waals surface area contributed by atoms with E-state index < -0.39 is 11.3 Å². The summed E-state index contributed by atoms with van der Waals surface area (Å²) in [5.74, 6) is -0.496. The van der Waals surface area contributed by atoms with Gasteiger partial charge in [-0.2, -0.15) is 0 Å². The zero-order chi connectivity index (χ0) is 27.1. The number of nitrogens with one attached hydrogen (secondary N) is 1. The number of benzene rings is 3. The quantitative estimate of drug-likeness (QED) is 0.430. The number of methoxy groups -OCH3 is 1. The van der Waals surface area contributed by atoms with Crippen molar-refractivity contribution in [2.75, 3.05) is 33.9 Å². The van der Waals surface area contributed by atoms with Gasteiger partial charge in [0, 0.05) is 20.1 Å². The van der Waals surface area contributed by atoms with Crippen LogP contribution in [0.25, 0.3) is 0 Å². The van der Waals surface area contributed by atoms with Crippen LogP contribution in [0.15, 0.2) is 78.9 Å². The maximum Gasteiger partial charge on any atom is 0.321 e. The molecule has 4 rings (SSSR count). The third-order valence-corrected chi connectivity index (χ3v) is 7.25. The highest BCUT2D eigenvalue weighted by molar-refractivity contribution is 5.97. The summed E-state index contributed by atoms with van der Waals surface area (Å²) in [5, 5.41) is 2.87. The number of esters is 1. The maximum absolute atomic E-state index is 13.6. The van der Waals surface area contributed by atoms with Crippen LogP contribution in [-0.2, 0) is 19.7 Å². The van der Waals surface area contributed by atoms with E-state index in [2.05, 4.69) is 5.32 Å². The van der Waals surface area contributed by atoms with E-state index in [0.717, 1.165) is 16.7 Å². The molecule has 198 valence electrons. The highest BCUT2D eigenvalue weighted by atomic mass is 16.5. The number of likely N-dealkylation sites (N-methyl/N-ethyl adjacent to an activating group) is 1. The predicted molar refractivity (Wildman–Crippen MR) is 145 cm³/mol. The number of amides is 2. The number of fused-ring (bicyclic) bond motifs is 1. The van der Waals surface area contributed by atoms with Crippen molar-refractivity contribution in [2.45, 2.75) is 31.1 Å². The summed E-state index contributed by atoms with van der Waals surface area (Å²) >= 11 is 0. The average molecular weight is 515 g/mol. The topological polar surface area (TPSA) is 84.9 Å². The van der Waals surface area contributed by atoms with Gasteiger partial charge < -0.3 is 19.7 Å². The summed E-state index contributed by atoms with van der Waals surface area (Å²) in [6.45, 7) is 2.73. The second kappa shape index (κ2) is 11.9. The Morgan fingerprint density at radius 2 is 1.66 bits per heavy atom. The molecule has 0 radical (unpaired) electrons. The van der Waals surface area contributed by atoms with E-state index in [0.29, 0.717) is 37.2 Å². The number of hydrogen-bond acceptors (Lipinski definition) is 5. The molecule has 2 amide bonds. The molecule has 0 heterocycles. The lowest BCUT2D eigenvalue weighted by atomic mass is 9.63. The molecule has 0 fully saturated rings. The van der Waals surface area contributed by atoms with Crippen molar-refractivity contribution in [3.8, 4) is 5.75 Å². The summed E-state index contributed by atoms with van der Waals surface area (Å²) in [5.41, 5.74) is 2.00. The molecule has 2 atom stereocenters. The Morgan fingerprint density at radius 3 is 2.39 bits per heavy atom. The molecular weight excluding hydrogens is 480 g/mol. The Balaban J connectivity index is 1.53. The van der Waals surface area contributed by atoms with Crippen molar-refractivity contribution in [2.24, 2.45) is 0 Å². The van der Waals surface area contributed by atoms with Crippen molar-refractivity contribution >= 4 is 17.8 Å². The molecule has 0 aromatic heterocycles. The van der Waals surface area contributed by atoms with Gasteiger partial charge in [0.1, 0.15) is 11.2 Å². The third kappa shape index (κ3) is 5.14. The van der Waals surface area contributed by atoms with E-state index >= 15 is 0 Å². The van der Waals surface area contributed by atoms with Gasteiger partial charge >= 0.3 is 5.97 Å². The largest absolute Gasteiger partial charge is 0.496 e. The summed E-state index contributed by atoms with van der Waals surface area (Å²) in [7, 11) is 3.26. The summed E-state index contributed by atoms with van der Waals surface area (Å²) in [6.07, 6.45) is 0.961. The minimum atomic E-state index is -0.966. The van der Waals surface area contributed by atoms with Crippen LogP contribution in [0.4, 0.5) is 0 Å². The van der Waals surface area contributed by atoms with Crippen molar-refractivity contribution in [1.29, 1.82) is 0 Å². The van der Waals surface area contributed by atoms with E-state index in [4.69, 9.17) is 9.47 Å². The van der Waals surface area contributed by atoms with Crippen LogP contribution in [0.1, 0.15) is 52.7 Å². The van der Waals surface area contributed by atoms with E-state index in [1.807, 2.05) is 54.6 Å². The van der Waals surface area contributed by atoms with Gasteiger partial charge in [0.15, 0.2) is 0 Å². The zero-order valence-corrected chi connectivity index (χ0v) is 22.1. The van der Waals surface area contributed by atoms with Gasteiger partial charge in [-0.3, -0.25) is 14.4 Å². The Kier molecular flexibility index (Phi) is 8.46. The standard InChI is InChI=1S/C31H34N2O5/c1-4-38-30(36)31(22-12-6-5-7-13-22)19-18-24(23-14-8-10-16-26(23)31)29(35)33(2)21-20-32-28(34)25-15-9-11-17-27(25)37-3/h5-17,24H,4,18-21H2,1-3H3,(H,32,34)/t24-,31?/m1/s1. The number of carbonyl (C=O) groups excluding carboxylic acids is 3. The van der Waals surface area contributed by atoms with Crippen LogP contribution in [-0.4, -0.2) is 56.5 Å². The first-order valence-corrected chi connectivity index (χ1v) is 12.9. The van der Waals surface area contributed by atoms with Gasteiger partial charge in [0.2, 0.25) is 5.91 Å². The van der Waals surface area contributed by atoms with Gasteiger partial charge in [-0.05, 0) is 48.6 Å². The molecule has 0 saturated heterocycles. The summed E-state index contributed by atoms with van der Waals surface area (Å²) in [4.78, 5) is 41.4. The van der Waals surface area contributed by atoms with Crippen LogP contribution in [0.3, 0.4) is 0 Å². The molecule has 1 N–H and O–H groups in total. The molecule has 7 nitrogen and oxygen atoms in total. The number of rotatable bonds is 9. The Labute approximate surface area is 223 Å². The average Bonchev–Trinajstić information content (AvgIpc) is 2.96. The van der Waals surface area contributed by atoms with Gasteiger partial charge in [-0.1, -0.05) is 66.7 Å². The summed E-state index contributed by atoms with van der Waals surface area (Å²) < 4.78 is 10.9. The first kappa shape index (κ1) is 26.9. The van der Waals surface area contributed by atoms with Crippen molar-refractivity contribution in [3.63, 3.8) is 0 Å². The minimum absolute atomic E-state index is 0.0467. The number of carbonyl (C=O) groups is 3.